The second-order valence-corrected chi connectivity index (χ2v) is 5.97. The predicted molar refractivity (Wildman–Crippen MR) is 89.2 cm³/mol. The van der Waals surface area contributed by atoms with Crippen LogP contribution in [0.15, 0.2) is 36.5 Å². The number of aromatic nitrogens is 2. The van der Waals surface area contributed by atoms with Crippen LogP contribution in [0.1, 0.15) is 33.7 Å². The third-order valence-electron chi connectivity index (χ3n) is 4.56. The standard InChI is InChI=1S/C18H21N3O3/c1-20-15(7-10-19-20)17(22)13-8-11-21(12-9-13)18(23)14-5-3-4-6-16(14)24-2/h3-7,10,13H,8-9,11-12H2,1-2H3. The van der Waals surface area contributed by atoms with Gasteiger partial charge in [0, 0.05) is 32.3 Å². The Balaban J connectivity index is 1.66. The Bertz CT molecular complexity index is 745. The van der Waals surface area contributed by atoms with Gasteiger partial charge in [-0.2, -0.15) is 5.10 Å². The van der Waals surface area contributed by atoms with E-state index in [9.17, 15) is 9.59 Å². The summed E-state index contributed by atoms with van der Waals surface area (Å²) in [4.78, 5) is 27.0. The normalized spacial score (nSPS) is 15.3. The molecule has 126 valence electrons. The van der Waals surface area contributed by atoms with Crippen molar-refractivity contribution < 1.29 is 14.3 Å². The summed E-state index contributed by atoms with van der Waals surface area (Å²) in [5, 5.41) is 4.05. The van der Waals surface area contributed by atoms with Crippen LogP contribution < -0.4 is 4.74 Å². The van der Waals surface area contributed by atoms with E-state index in [0.717, 1.165) is 0 Å². The first-order valence-corrected chi connectivity index (χ1v) is 8.06. The Hall–Kier alpha value is -2.63. The molecule has 0 bridgehead atoms. The number of hydrogen-bond donors (Lipinski definition) is 0. The van der Waals surface area contributed by atoms with Gasteiger partial charge in [0.15, 0.2) is 5.78 Å². The van der Waals surface area contributed by atoms with Gasteiger partial charge in [0.1, 0.15) is 11.4 Å². The molecule has 0 radical (unpaired) electrons. The first-order valence-electron chi connectivity index (χ1n) is 8.06. The number of amides is 1. The highest BCUT2D eigenvalue weighted by molar-refractivity contribution is 5.98. The van der Waals surface area contributed by atoms with Crippen LogP contribution in [-0.4, -0.2) is 46.6 Å². The predicted octanol–water partition coefficient (Wildman–Crippen LogP) is 2.16. The van der Waals surface area contributed by atoms with Crippen molar-refractivity contribution in [2.75, 3.05) is 20.2 Å². The summed E-state index contributed by atoms with van der Waals surface area (Å²) in [7, 11) is 3.33. The Morgan fingerprint density at radius 3 is 2.50 bits per heavy atom. The quantitative estimate of drug-likeness (QED) is 0.807. The van der Waals surface area contributed by atoms with E-state index in [-0.39, 0.29) is 17.6 Å². The molecular weight excluding hydrogens is 306 g/mol. The van der Waals surface area contributed by atoms with Crippen LogP contribution in [0.4, 0.5) is 0 Å². The lowest BCUT2D eigenvalue weighted by Crippen LogP contribution is -2.40. The molecule has 0 N–H and O–H groups in total. The van der Waals surface area contributed by atoms with Gasteiger partial charge in [0.05, 0.1) is 12.7 Å². The van der Waals surface area contributed by atoms with Crippen LogP contribution in [0.3, 0.4) is 0 Å². The summed E-state index contributed by atoms with van der Waals surface area (Å²) in [6.45, 7) is 1.15. The highest BCUT2D eigenvalue weighted by Gasteiger charge is 2.30. The van der Waals surface area contributed by atoms with Crippen LogP contribution in [0, 0.1) is 5.92 Å². The highest BCUT2D eigenvalue weighted by atomic mass is 16.5. The number of rotatable bonds is 4. The zero-order valence-electron chi connectivity index (χ0n) is 13.9. The Labute approximate surface area is 141 Å². The molecule has 1 aromatic carbocycles. The number of ketones is 1. The summed E-state index contributed by atoms with van der Waals surface area (Å²) >= 11 is 0. The first-order chi connectivity index (χ1) is 11.6. The van der Waals surface area contributed by atoms with Crippen LogP contribution in [0.2, 0.25) is 0 Å². The van der Waals surface area contributed by atoms with Gasteiger partial charge < -0.3 is 9.64 Å². The maximum Gasteiger partial charge on any atom is 0.257 e. The van der Waals surface area contributed by atoms with Gasteiger partial charge in [-0.3, -0.25) is 14.3 Å². The van der Waals surface area contributed by atoms with Gasteiger partial charge in [-0.15, -0.1) is 0 Å². The van der Waals surface area contributed by atoms with E-state index in [1.54, 1.807) is 48.1 Å². The minimum Gasteiger partial charge on any atom is -0.496 e. The number of methoxy groups -OCH3 is 1. The van der Waals surface area contributed by atoms with Crippen molar-refractivity contribution in [1.82, 2.24) is 14.7 Å². The van der Waals surface area contributed by atoms with Gasteiger partial charge in [-0.25, -0.2) is 0 Å². The number of aryl methyl sites for hydroxylation is 1. The van der Waals surface area contributed by atoms with Crippen LogP contribution >= 0.6 is 0 Å². The molecule has 1 aromatic heterocycles. The smallest absolute Gasteiger partial charge is 0.257 e. The number of piperidine rings is 1. The zero-order chi connectivity index (χ0) is 17.1. The van der Waals surface area contributed by atoms with Gasteiger partial charge in [0.2, 0.25) is 0 Å². The molecule has 1 saturated heterocycles. The molecule has 24 heavy (non-hydrogen) atoms. The van der Waals surface area contributed by atoms with Crippen molar-refractivity contribution in [3.8, 4) is 5.75 Å². The lowest BCUT2D eigenvalue weighted by Gasteiger charge is -2.31. The first kappa shape index (κ1) is 16.2. The molecule has 1 amide bonds. The number of likely N-dealkylation sites (tertiary alicyclic amines) is 1. The van der Waals surface area contributed by atoms with Crippen molar-refractivity contribution >= 4 is 11.7 Å². The largest absolute Gasteiger partial charge is 0.496 e. The Kier molecular flexibility index (Phi) is 4.64. The summed E-state index contributed by atoms with van der Waals surface area (Å²) in [5.74, 6) is 0.593. The average molecular weight is 327 g/mol. The van der Waals surface area contributed by atoms with Crippen molar-refractivity contribution in [3.63, 3.8) is 0 Å². The summed E-state index contributed by atoms with van der Waals surface area (Å²) in [6.07, 6.45) is 2.98. The van der Waals surface area contributed by atoms with Crippen molar-refractivity contribution in [2.45, 2.75) is 12.8 Å². The average Bonchev–Trinajstić information content (AvgIpc) is 3.06. The fourth-order valence-electron chi connectivity index (χ4n) is 3.16. The molecule has 0 saturated carbocycles. The molecule has 2 aromatic rings. The van der Waals surface area contributed by atoms with Gasteiger partial charge in [-0.05, 0) is 31.0 Å². The lowest BCUT2D eigenvalue weighted by atomic mass is 9.90. The van der Waals surface area contributed by atoms with E-state index in [4.69, 9.17) is 4.74 Å². The molecule has 6 nitrogen and oxygen atoms in total. The van der Waals surface area contributed by atoms with Gasteiger partial charge >= 0.3 is 0 Å². The molecule has 0 atom stereocenters. The number of ether oxygens (including phenoxy) is 1. The number of benzene rings is 1. The molecule has 1 aliphatic rings. The highest BCUT2D eigenvalue weighted by Crippen LogP contribution is 2.25. The number of para-hydroxylation sites is 1. The molecule has 0 unspecified atom stereocenters. The fourth-order valence-corrected chi connectivity index (χ4v) is 3.16. The summed E-state index contributed by atoms with van der Waals surface area (Å²) in [5.41, 5.74) is 1.20. The zero-order valence-corrected chi connectivity index (χ0v) is 13.9. The van der Waals surface area contributed by atoms with Crippen LogP contribution in [-0.2, 0) is 7.05 Å². The van der Waals surface area contributed by atoms with Crippen LogP contribution in [0.5, 0.6) is 5.75 Å². The van der Waals surface area contributed by atoms with Crippen molar-refractivity contribution in [1.29, 1.82) is 0 Å². The van der Waals surface area contributed by atoms with E-state index < -0.39 is 0 Å². The number of nitrogens with zero attached hydrogens (tertiary/aromatic N) is 3. The maximum absolute atomic E-state index is 12.7. The van der Waals surface area contributed by atoms with Crippen LogP contribution in [0.25, 0.3) is 0 Å². The number of Topliss-reactive ketones (excluding diaryl/α,β-unsaturated/α-hetero) is 1. The van der Waals surface area contributed by atoms with E-state index >= 15 is 0 Å². The summed E-state index contributed by atoms with van der Waals surface area (Å²) in [6, 6.07) is 8.97. The van der Waals surface area contributed by atoms with E-state index in [1.165, 1.54) is 0 Å². The second-order valence-electron chi connectivity index (χ2n) is 5.97. The summed E-state index contributed by atoms with van der Waals surface area (Å²) < 4.78 is 6.87. The monoisotopic (exact) mass is 327 g/mol. The van der Waals surface area contributed by atoms with Gasteiger partial charge in [0.25, 0.3) is 5.91 Å². The number of carbonyl (C=O) groups excluding carboxylic acids is 2. The minimum atomic E-state index is -0.0536. The maximum atomic E-state index is 12.7. The fraction of sp³-hybridized carbons (Fsp3) is 0.389. The molecule has 2 heterocycles. The number of carbonyl (C=O) groups is 2. The Morgan fingerprint density at radius 1 is 1.17 bits per heavy atom. The second kappa shape index (κ2) is 6.86. The molecule has 1 aliphatic heterocycles. The topological polar surface area (TPSA) is 64.4 Å². The molecule has 1 fully saturated rings. The molecular formula is C18H21N3O3. The van der Waals surface area contributed by atoms with E-state index in [2.05, 4.69) is 5.10 Å². The SMILES string of the molecule is COc1ccccc1C(=O)N1CCC(C(=O)c2ccnn2C)CC1. The Morgan fingerprint density at radius 2 is 1.88 bits per heavy atom. The molecule has 3 rings (SSSR count). The minimum absolute atomic E-state index is 0.0427. The van der Waals surface area contributed by atoms with E-state index in [0.29, 0.717) is 42.9 Å². The lowest BCUT2D eigenvalue weighted by molar-refractivity contribution is 0.0645. The third kappa shape index (κ3) is 3.04. The van der Waals surface area contributed by atoms with E-state index in [1.807, 2.05) is 12.1 Å². The van der Waals surface area contributed by atoms with Gasteiger partial charge in [-0.1, -0.05) is 12.1 Å². The molecule has 0 spiro atoms. The van der Waals surface area contributed by atoms with Crippen molar-refractivity contribution in [2.24, 2.45) is 13.0 Å². The number of hydrogen-bond acceptors (Lipinski definition) is 4. The van der Waals surface area contributed by atoms with Crippen molar-refractivity contribution in [3.05, 3.63) is 47.8 Å². The third-order valence-corrected chi connectivity index (χ3v) is 4.56. The molecule has 0 aliphatic carbocycles. The molecule has 6 heteroatoms.